The number of nitrogens with one attached hydrogen (secondary N) is 1. The molecular weight excluding hydrogens is 214 g/mol. The summed E-state index contributed by atoms with van der Waals surface area (Å²) in [5.41, 5.74) is 2.45. The highest BCUT2D eigenvalue weighted by atomic mass is 16.2. The fraction of sp³-hybridized carbons (Fsp3) is 0.692. The van der Waals surface area contributed by atoms with Crippen LogP contribution in [0.4, 0.5) is 0 Å². The summed E-state index contributed by atoms with van der Waals surface area (Å²) in [7, 11) is 0. The summed E-state index contributed by atoms with van der Waals surface area (Å²) in [6.45, 7) is 9.05. The summed E-state index contributed by atoms with van der Waals surface area (Å²) < 4.78 is 0. The lowest BCUT2D eigenvalue weighted by Gasteiger charge is -2.27. The number of nitrogens with zero attached hydrogens (tertiary/aromatic N) is 2. The van der Waals surface area contributed by atoms with Gasteiger partial charge in [0.2, 0.25) is 0 Å². The number of aryl methyl sites for hydroxylation is 2. The summed E-state index contributed by atoms with van der Waals surface area (Å²) in [5, 5.41) is 6.99. The van der Waals surface area contributed by atoms with E-state index in [9.17, 15) is 4.79 Å². The normalized spacial score (nSPS) is 20.3. The van der Waals surface area contributed by atoms with Crippen LogP contribution in [0, 0.1) is 19.8 Å². The van der Waals surface area contributed by atoms with Crippen molar-refractivity contribution >= 4 is 5.91 Å². The number of hydrogen-bond donors (Lipinski definition) is 1. The van der Waals surface area contributed by atoms with Crippen molar-refractivity contribution in [2.45, 2.75) is 46.6 Å². The Morgan fingerprint density at radius 3 is 2.71 bits per heavy atom. The number of hydrogen-bond acceptors (Lipinski definition) is 2. The Morgan fingerprint density at radius 2 is 2.18 bits per heavy atom. The summed E-state index contributed by atoms with van der Waals surface area (Å²) in [5.74, 6) is 0.666. The number of aromatic amines is 1. The molecule has 1 aliphatic rings. The Morgan fingerprint density at radius 1 is 1.47 bits per heavy atom. The number of carbonyl (C=O) groups is 1. The van der Waals surface area contributed by atoms with Crippen LogP contribution < -0.4 is 0 Å². The van der Waals surface area contributed by atoms with E-state index in [1.165, 1.54) is 0 Å². The van der Waals surface area contributed by atoms with Gasteiger partial charge in [-0.25, -0.2) is 0 Å². The van der Waals surface area contributed by atoms with Crippen LogP contribution in [0.2, 0.25) is 0 Å². The third kappa shape index (κ3) is 2.08. The maximum absolute atomic E-state index is 12.5. The fourth-order valence-electron chi connectivity index (χ4n) is 2.75. The van der Waals surface area contributed by atoms with E-state index in [0.29, 0.717) is 12.0 Å². The average Bonchev–Trinajstić information content (AvgIpc) is 2.85. The second-order valence-electron chi connectivity index (χ2n) is 5.26. The maximum atomic E-state index is 12.5. The SMILES string of the molecule is Cc1n[nH]c(C)c1C(=O)N1CCCC1C(C)C. The van der Waals surface area contributed by atoms with E-state index in [0.717, 1.165) is 36.3 Å². The molecule has 1 N–H and O–H groups in total. The van der Waals surface area contributed by atoms with E-state index in [-0.39, 0.29) is 5.91 Å². The Labute approximate surface area is 102 Å². The fourth-order valence-corrected chi connectivity index (χ4v) is 2.75. The van der Waals surface area contributed by atoms with Gasteiger partial charge in [0, 0.05) is 18.3 Å². The zero-order chi connectivity index (χ0) is 12.6. The molecule has 1 atom stereocenters. The van der Waals surface area contributed by atoms with Crippen molar-refractivity contribution in [2.24, 2.45) is 5.92 Å². The van der Waals surface area contributed by atoms with Crippen molar-refractivity contribution in [2.75, 3.05) is 6.54 Å². The van der Waals surface area contributed by atoms with Crippen LogP contribution >= 0.6 is 0 Å². The standard InChI is InChI=1S/C13H21N3O/c1-8(2)11-6-5-7-16(11)13(17)12-9(3)14-15-10(12)4/h8,11H,5-7H2,1-4H3,(H,14,15). The molecule has 1 amide bonds. The average molecular weight is 235 g/mol. The Bertz CT molecular complexity index is 403. The van der Waals surface area contributed by atoms with Crippen molar-refractivity contribution in [3.63, 3.8) is 0 Å². The predicted octanol–water partition coefficient (Wildman–Crippen LogP) is 2.29. The summed E-state index contributed by atoms with van der Waals surface area (Å²) in [6, 6.07) is 0.385. The van der Waals surface area contributed by atoms with E-state index < -0.39 is 0 Å². The molecule has 1 unspecified atom stereocenters. The molecule has 1 fully saturated rings. The lowest BCUT2D eigenvalue weighted by molar-refractivity contribution is 0.0700. The van der Waals surface area contributed by atoms with Gasteiger partial charge in [0.25, 0.3) is 5.91 Å². The molecule has 0 aromatic carbocycles. The van der Waals surface area contributed by atoms with E-state index in [4.69, 9.17) is 0 Å². The number of amides is 1. The first kappa shape index (κ1) is 12.1. The van der Waals surface area contributed by atoms with Gasteiger partial charge in [0.05, 0.1) is 11.3 Å². The van der Waals surface area contributed by atoms with Crippen LogP contribution in [0.3, 0.4) is 0 Å². The van der Waals surface area contributed by atoms with E-state index in [2.05, 4.69) is 24.0 Å². The summed E-state index contributed by atoms with van der Waals surface area (Å²) in [6.07, 6.45) is 2.24. The van der Waals surface area contributed by atoms with Crippen LogP contribution in [0.25, 0.3) is 0 Å². The highest BCUT2D eigenvalue weighted by Crippen LogP contribution is 2.26. The molecule has 0 spiro atoms. The van der Waals surface area contributed by atoms with Gasteiger partial charge in [-0.3, -0.25) is 9.89 Å². The number of likely N-dealkylation sites (tertiary alicyclic amines) is 1. The molecule has 4 heteroatoms. The topological polar surface area (TPSA) is 49.0 Å². The van der Waals surface area contributed by atoms with Crippen LogP contribution in [0.15, 0.2) is 0 Å². The lowest BCUT2D eigenvalue weighted by atomic mass is 10.0. The minimum atomic E-state index is 0.143. The molecule has 0 radical (unpaired) electrons. The van der Waals surface area contributed by atoms with Crippen molar-refractivity contribution in [1.29, 1.82) is 0 Å². The number of rotatable bonds is 2. The minimum absolute atomic E-state index is 0.143. The van der Waals surface area contributed by atoms with Crippen LogP contribution in [-0.4, -0.2) is 33.6 Å². The lowest BCUT2D eigenvalue weighted by Crippen LogP contribution is -2.38. The van der Waals surface area contributed by atoms with Gasteiger partial charge in [0.1, 0.15) is 0 Å². The number of H-pyrrole nitrogens is 1. The smallest absolute Gasteiger partial charge is 0.257 e. The van der Waals surface area contributed by atoms with E-state index in [1.807, 2.05) is 18.7 Å². The third-order valence-electron chi connectivity index (χ3n) is 3.67. The molecule has 0 saturated carbocycles. The van der Waals surface area contributed by atoms with Gasteiger partial charge < -0.3 is 4.90 Å². The number of aromatic nitrogens is 2. The van der Waals surface area contributed by atoms with Gasteiger partial charge in [-0.1, -0.05) is 13.8 Å². The molecule has 1 aromatic heterocycles. The molecule has 1 saturated heterocycles. The molecule has 4 nitrogen and oxygen atoms in total. The molecule has 0 bridgehead atoms. The van der Waals surface area contributed by atoms with E-state index >= 15 is 0 Å². The van der Waals surface area contributed by atoms with Gasteiger partial charge in [-0.15, -0.1) is 0 Å². The molecule has 17 heavy (non-hydrogen) atoms. The van der Waals surface area contributed by atoms with E-state index in [1.54, 1.807) is 0 Å². The minimum Gasteiger partial charge on any atom is -0.335 e. The molecule has 2 rings (SSSR count). The molecule has 1 aromatic rings. The zero-order valence-corrected chi connectivity index (χ0v) is 11.1. The third-order valence-corrected chi connectivity index (χ3v) is 3.67. The number of carbonyl (C=O) groups excluding carboxylic acids is 1. The second kappa shape index (κ2) is 4.51. The van der Waals surface area contributed by atoms with Crippen LogP contribution in [-0.2, 0) is 0 Å². The highest BCUT2D eigenvalue weighted by molar-refractivity contribution is 5.96. The quantitative estimate of drug-likeness (QED) is 0.855. The predicted molar refractivity (Wildman–Crippen MR) is 67.0 cm³/mol. The monoisotopic (exact) mass is 235 g/mol. The Balaban J connectivity index is 2.26. The summed E-state index contributed by atoms with van der Waals surface area (Å²) >= 11 is 0. The Hall–Kier alpha value is -1.32. The molecule has 0 aliphatic carbocycles. The van der Waals surface area contributed by atoms with Gasteiger partial charge in [-0.05, 0) is 32.6 Å². The molecule has 2 heterocycles. The first-order valence-corrected chi connectivity index (χ1v) is 6.35. The Kier molecular flexibility index (Phi) is 3.22. The van der Waals surface area contributed by atoms with Crippen molar-refractivity contribution in [3.05, 3.63) is 17.0 Å². The first-order chi connectivity index (χ1) is 8.02. The molecule has 1 aliphatic heterocycles. The van der Waals surface area contributed by atoms with Crippen molar-refractivity contribution in [3.8, 4) is 0 Å². The van der Waals surface area contributed by atoms with Gasteiger partial charge >= 0.3 is 0 Å². The van der Waals surface area contributed by atoms with Gasteiger partial charge in [-0.2, -0.15) is 5.10 Å². The first-order valence-electron chi connectivity index (χ1n) is 6.35. The maximum Gasteiger partial charge on any atom is 0.257 e. The largest absolute Gasteiger partial charge is 0.335 e. The van der Waals surface area contributed by atoms with Crippen LogP contribution in [0.5, 0.6) is 0 Å². The van der Waals surface area contributed by atoms with Crippen molar-refractivity contribution in [1.82, 2.24) is 15.1 Å². The molecular formula is C13H21N3O. The second-order valence-corrected chi connectivity index (χ2v) is 5.26. The zero-order valence-electron chi connectivity index (χ0n) is 11.1. The van der Waals surface area contributed by atoms with Crippen molar-refractivity contribution < 1.29 is 4.79 Å². The summed E-state index contributed by atoms with van der Waals surface area (Å²) in [4.78, 5) is 14.6. The van der Waals surface area contributed by atoms with Crippen LogP contribution in [0.1, 0.15) is 48.4 Å². The highest BCUT2D eigenvalue weighted by Gasteiger charge is 2.33. The molecule has 94 valence electrons. The van der Waals surface area contributed by atoms with Gasteiger partial charge in [0.15, 0.2) is 0 Å².